The van der Waals surface area contributed by atoms with E-state index in [0.717, 1.165) is 25.9 Å². The Hall–Kier alpha value is -0.120. The molecule has 72 valence electrons. The van der Waals surface area contributed by atoms with E-state index in [0.29, 0.717) is 6.10 Å². The summed E-state index contributed by atoms with van der Waals surface area (Å²) in [5.41, 5.74) is 5.90. The number of hydrogen-bond acceptors (Lipinski definition) is 3. The third kappa shape index (κ3) is 1.97. The van der Waals surface area contributed by atoms with Crippen molar-refractivity contribution in [1.82, 2.24) is 5.32 Å². The van der Waals surface area contributed by atoms with Crippen LogP contribution < -0.4 is 11.1 Å². The predicted octanol–water partition coefficient (Wildman–Crippen LogP) is 0.492. The van der Waals surface area contributed by atoms with Crippen LogP contribution in [0.2, 0.25) is 0 Å². The van der Waals surface area contributed by atoms with Crippen molar-refractivity contribution in [2.75, 3.05) is 20.2 Å². The van der Waals surface area contributed by atoms with Gasteiger partial charge in [0.25, 0.3) is 0 Å². The molecule has 0 spiro atoms. The molecule has 0 aliphatic heterocycles. The summed E-state index contributed by atoms with van der Waals surface area (Å²) in [6.45, 7) is 3.96. The van der Waals surface area contributed by atoms with Gasteiger partial charge in [0.05, 0.1) is 6.10 Å². The average Bonchev–Trinajstić information content (AvgIpc) is 2.04. The Labute approximate surface area is 74.7 Å². The van der Waals surface area contributed by atoms with Crippen molar-refractivity contribution >= 4 is 0 Å². The summed E-state index contributed by atoms with van der Waals surface area (Å²) in [7, 11) is 1.77. The smallest absolute Gasteiger partial charge is 0.0607 e. The molecule has 0 atom stereocenters. The Bertz CT molecular complexity index is 127. The van der Waals surface area contributed by atoms with Crippen LogP contribution in [0.1, 0.15) is 26.2 Å². The summed E-state index contributed by atoms with van der Waals surface area (Å²) in [6, 6.07) is 0. The van der Waals surface area contributed by atoms with Gasteiger partial charge in [0.2, 0.25) is 0 Å². The van der Waals surface area contributed by atoms with Gasteiger partial charge in [-0.3, -0.25) is 0 Å². The van der Waals surface area contributed by atoms with Crippen molar-refractivity contribution in [2.45, 2.75) is 37.8 Å². The number of methoxy groups -OCH3 is 1. The molecule has 0 radical (unpaired) electrons. The predicted molar refractivity (Wildman–Crippen MR) is 50.1 cm³/mol. The topological polar surface area (TPSA) is 47.3 Å². The molecule has 3 heteroatoms. The first kappa shape index (κ1) is 9.96. The second kappa shape index (κ2) is 4.21. The first-order chi connectivity index (χ1) is 5.76. The Kier molecular flexibility index (Phi) is 3.50. The van der Waals surface area contributed by atoms with E-state index in [1.807, 2.05) is 0 Å². The van der Waals surface area contributed by atoms with Crippen molar-refractivity contribution in [3.8, 4) is 0 Å². The van der Waals surface area contributed by atoms with E-state index in [9.17, 15) is 0 Å². The van der Waals surface area contributed by atoms with Crippen LogP contribution in [0.25, 0.3) is 0 Å². The van der Waals surface area contributed by atoms with Crippen molar-refractivity contribution in [3.05, 3.63) is 0 Å². The Morgan fingerprint density at radius 1 is 1.58 bits per heavy atom. The van der Waals surface area contributed by atoms with Gasteiger partial charge in [-0.25, -0.2) is 0 Å². The molecular formula is C9H20N2O. The summed E-state index contributed by atoms with van der Waals surface area (Å²) in [6.07, 6.45) is 3.73. The lowest BCUT2D eigenvalue weighted by Gasteiger charge is -2.47. The molecule has 1 fully saturated rings. The maximum atomic E-state index is 5.71. The van der Waals surface area contributed by atoms with Crippen LogP contribution in [0.15, 0.2) is 0 Å². The molecule has 0 amide bonds. The molecule has 1 rings (SSSR count). The van der Waals surface area contributed by atoms with Gasteiger partial charge in [0.1, 0.15) is 0 Å². The molecule has 1 aliphatic rings. The van der Waals surface area contributed by atoms with Crippen LogP contribution in [0.5, 0.6) is 0 Å². The van der Waals surface area contributed by atoms with Crippen LogP contribution in [0.4, 0.5) is 0 Å². The number of rotatable bonds is 5. The second-order valence-electron chi connectivity index (χ2n) is 3.68. The Morgan fingerprint density at radius 2 is 2.25 bits per heavy atom. The normalized spacial score (nSPS) is 34.8. The zero-order valence-corrected chi connectivity index (χ0v) is 8.10. The lowest BCUT2D eigenvalue weighted by Crippen LogP contribution is -2.62. The fraction of sp³-hybridized carbons (Fsp3) is 1.00. The first-order valence-corrected chi connectivity index (χ1v) is 4.74. The monoisotopic (exact) mass is 172 g/mol. The highest BCUT2D eigenvalue weighted by Crippen LogP contribution is 2.33. The zero-order chi connectivity index (χ0) is 9.03. The number of nitrogens with two attached hydrogens (primary N) is 1. The maximum absolute atomic E-state index is 5.71. The maximum Gasteiger partial charge on any atom is 0.0607 e. The van der Waals surface area contributed by atoms with E-state index < -0.39 is 0 Å². The highest BCUT2D eigenvalue weighted by Gasteiger charge is 2.42. The SMILES string of the molecule is CCCNC1(CN)CC(OC)C1. The molecule has 1 saturated carbocycles. The van der Waals surface area contributed by atoms with E-state index in [-0.39, 0.29) is 5.54 Å². The van der Waals surface area contributed by atoms with Crippen molar-refractivity contribution in [2.24, 2.45) is 5.73 Å². The van der Waals surface area contributed by atoms with E-state index in [1.54, 1.807) is 7.11 Å². The highest BCUT2D eigenvalue weighted by atomic mass is 16.5. The molecule has 3 N–H and O–H groups in total. The van der Waals surface area contributed by atoms with Gasteiger partial charge in [0.15, 0.2) is 0 Å². The molecule has 0 bridgehead atoms. The fourth-order valence-corrected chi connectivity index (χ4v) is 1.75. The summed E-state index contributed by atoms with van der Waals surface area (Å²) >= 11 is 0. The first-order valence-electron chi connectivity index (χ1n) is 4.74. The van der Waals surface area contributed by atoms with Gasteiger partial charge in [0, 0.05) is 19.2 Å². The van der Waals surface area contributed by atoms with Gasteiger partial charge in [-0.15, -0.1) is 0 Å². The molecule has 0 heterocycles. The van der Waals surface area contributed by atoms with Crippen LogP contribution >= 0.6 is 0 Å². The largest absolute Gasteiger partial charge is 0.381 e. The lowest BCUT2D eigenvalue weighted by molar-refractivity contribution is -0.0262. The average molecular weight is 172 g/mol. The minimum absolute atomic E-state index is 0.191. The molecule has 1 aliphatic carbocycles. The van der Waals surface area contributed by atoms with Gasteiger partial charge in [-0.1, -0.05) is 6.92 Å². The standard InChI is InChI=1S/C9H20N2O/c1-3-4-11-9(7-10)5-8(6-9)12-2/h8,11H,3-7,10H2,1-2H3. The number of nitrogens with one attached hydrogen (secondary N) is 1. The molecular weight excluding hydrogens is 152 g/mol. The zero-order valence-electron chi connectivity index (χ0n) is 8.10. The van der Waals surface area contributed by atoms with Crippen LogP contribution in [0.3, 0.4) is 0 Å². The van der Waals surface area contributed by atoms with Crippen molar-refractivity contribution in [3.63, 3.8) is 0 Å². The number of hydrogen-bond donors (Lipinski definition) is 2. The van der Waals surface area contributed by atoms with E-state index in [4.69, 9.17) is 10.5 Å². The van der Waals surface area contributed by atoms with E-state index in [1.165, 1.54) is 6.42 Å². The quantitative estimate of drug-likeness (QED) is 0.634. The molecule has 0 aromatic carbocycles. The molecule has 3 nitrogen and oxygen atoms in total. The summed E-state index contributed by atoms with van der Waals surface area (Å²) in [5, 5.41) is 3.49. The molecule has 0 saturated heterocycles. The van der Waals surface area contributed by atoms with Crippen molar-refractivity contribution in [1.29, 1.82) is 0 Å². The minimum Gasteiger partial charge on any atom is -0.381 e. The lowest BCUT2D eigenvalue weighted by atomic mass is 9.74. The fourth-order valence-electron chi connectivity index (χ4n) is 1.75. The molecule has 12 heavy (non-hydrogen) atoms. The third-order valence-corrected chi connectivity index (χ3v) is 2.71. The minimum atomic E-state index is 0.191. The van der Waals surface area contributed by atoms with E-state index in [2.05, 4.69) is 12.2 Å². The number of ether oxygens (including phenoxy) is 1. The summed E-state index contributed by atoms with van der Waals surface area (Å²) in [4.78, 5) is 0. The molecule has 0 unspecified atom stereocenters. The summed E-state index contributed by atoms with van der Waals surface area (Å²) in [5.74, 6) is 0. The van der Waals surface area contributed by atoms with Gasteiger partial charge < -0.3 is 15.8 Å². The second-order valence-corrected chi connectivity index (χ2v) is 3.68. The Balaban J connectivity index is 2.26. The highest BCUT2D eigenvalue weighted by molar-refractivity contribution is 5.02. The third-order valence-electron chi connectivity index (χ3n) is 2.71. The summed E-state index contributed by atoms with van der Waals surface area (Å²) < 4.78 is 5.23. The molecule has 0 aromatic rings. The molecule has 0 aromatic heterocycles. The Morgan fingerprint density at radius 3 is 2.67 bits per heavy atom. The van der Waals surface area contributed by atoms with Crippen LogP contribution in [-0.4, -0.2) is 31.8 Å². The van der Waals surface area contributed by atoms with Crippen LogP contribution in [0, 0.1) is 0 Å². The van der Waals surface area contributed by atoms with Gasteiger partial charge in [-0.05, 0) is 25.8 Å². The van der Waals surface area contributed by atoms with Crippen LogP contribution in [-0.2, 0) is 4.74 Å². The van der Waals surface area contributed by atoms with Crippen molar-refractivity contribution < 1.29 is 4.74 Å². The van der Waals surface area contributed by atoms with Gasteiger partial charge in [-0.2, -0.15) is 0 Å². The van der Waals surface area contributed by atoms with Gasteiger partial charge >= 0.3 is 0 Å². The van der Waals surface area contributed by atoms with E-state index >= 15 is 0 Å².